The molecule has 206 valence electrons. The zero-order valence-electron chi connectivity index (χ0n) is 21.8. The van der Waals surface area contributed by atoms with Crippen LogP contribution in [0.3, 0.4) is 0 Å². The summed E-state index contributed by atoms with van der Waals surface area (Å²) >= 11 is 0. The first-order valence-corrected chi connectivity index (χ1v) is 14.0. The van der Waals surface area contributed by atoms with Crippen LogP contribution in [0.25, 0.3) is 5.57 Å². The predicted molar refractivity (Wildman–Crippen MR) is 145 cm³/mol. The van der Waals surface area contributed by atoms with Crippen molar-refractivity contribution in [3.63, 3.8) is 0 Å². The minimum atomic E-state index is -4.15. The lowest BCUT2D eigenvalue weighted by molar-refractivity contribution is -0.160. The molecule has 2 aliphatic heterocycles. The minimum Gasteiger partial charge on any atom is -0.451 e. The normalized spacial score (nSPS) is 21.8. The first-order valence-electron chi connectivity index (χ1n) is 12.5. The van der Waals surface area contributed by atoms with E-state index in [0.717, 1.165) is 4.90 Å². The number of ether oxygens (including phenoxy) is 2. The largest absolute Gasteiger partial charge is 0.451 e. The number of carbonyl (C=O) groups excluding carboxylic acids is 3. The van der Waals surface area contributed by atoms with Gasteiger partial charge >= 0.3 is 12.1 Å². The molecule has 0 aliphatic carbocycles. The number of β-lactam (4-membered cyclic amide) rings is 1. The van der Waals surface area contributed by atoms with Gasteiger partial charge < -0.3 is 20.1 Å². The number of benzene rings is 2. The molecule has 2 fully saturated rings. The van der Waals surface area contributed by atoms with E-state index < -0.39 is 56.7 Å². The zero-order chi connectivity index (χ0) is 28.7. The van der Waals surface area contributed by atoms with Crippen LogP contribution >= 0.6 is 0 Å². The summed E-state index contributed by atoms with van der Waals surface area (Å²) in [6, 6.07) is 21.5. The molecule has 2 saturated heterocycles. The summed E-state index contributed by atoms with van der Waals surface area (Å²) in [6.45, 7) is 2.34. The van der Waals surface area contributed by atoms with Crippen LogP contribution in [0.15, 0.2) is 90.6 Å². The summed E-state index contributed by atoms with van der Waals surface area (Å²) in [6.07, 6.45) is -0.463. The lowest BCUT2D eigenvalue weighted by Crippen LogP contribution is -2.59. The van der Waals surface area contributed by atoms with Crippen LogP contribution in [-0.4, -0.2) is 59.0 Å². The number of hydrogen-bond donors (Lipinski definition) is 1. The molecule has 5 rings (SSSR count). The van der Waals surface area contributed by atoms with Gasteiger partial charge in [0.1, 0.15) is 11.4 Å². The van der Waals surface area contributed by atoms with E-state index in [1.807, 2.05) is 36.4 Å². The Morgan fingerprint density at radius 3 is 2.08 bits per heavy atom. The maximum atomic E-state index is 13.9. The van der Waals surface area contributed by atoms with Crippen molar-refractivity contribution >= 4 is 33.4 Å². The summed E-state index contributed by atoms with van der Waals surface area (Å²) in [7, 11) is -4.15. The van der Waals surface area contributed by atoms with Crippen molar-refractivity contribution in [2.24, 2.45) is 5.73 Å². The molecule has 10 nitrogen and oxygen atoms in total. The van der Waals surface area contributed by atoms with Crippen molar-refractivity contribution in [3.8, 4) is 0 Å². The lowest BCUT2D eigenvalue weighted by atomic mass is 9.91. The molecule has 2 aliphatic rings. The Labute approximate surface area is 231 Å². The number of aromatic nitrogens is 1. The van der Waals surface area contributed by atoms with Crippen LogP contribution in [0.5, 0.6) is 0 Å². The van der Waals surface area contributed by atoms with Gasteiger partial charge in [0.15, 0.2) is 27.4 Å². The predicted octanol–water partition coefficient (Wildman–Crippen LogP) is 3.01. The second kappa shape index (κ2) is 10.2. The van der Waals surface area contributed by atoms with Crippen LogP contribution in [-0.2, 0) is 28.9 Å². The Hall–Kier alpha value is -4.51. The van der Waals surface area contributed by atoms with Gasteiger partial charge in [0.2, 0.25) is 0 Å². The number of pyridine rings is 1. The van der Waals surface area contributed by atoms with Gasteiger partial charge in [-0.2, -0.15) is 0 Å². The van der Waals surface area contributed by atoms with E-state index in [1.165, 1.54) is 20.0 Å². The molecular weight excluding hydrogens is 534 g/mol. The first-order chi connectivity index (χ1) is 19.1. The molecule has 0 radical (unpaired) electrons. The highest BCUT2D eigenvalue weighted by Gasteiger charge is 2.71. The van der Waals surface area contributed by atoms with E-state index in [4.69, 9.17) is 15.2 Å². The van der Waals surface area contributed by atoms with E-state index in [1.54, 1.807) is 42.5 Å². The number of nitrogens with zero attached hydrogens (tertiary/aromatic N) is 2. The molecule has 3 aromatic rings. The highest BCUT2D eigenvalue weighted by Crippen LogP contribution is 2.51. The third-order valence-electron chi connectivity index (χ3n) is 7.25. The van der Waals surface area contributed by atoms with E-state index in [0.29, 0.717) is 11.1 Å². The van der Waals surface area contributed by atoms with Gasteiger partial charge in [0.05, 0.1) is 11.3 Å². The first kappa shape index (κ1) is 27.1. The Balaban J connectivity index is 1.55. The topological polar surface area (TPSA) is 146 Å². The standard InChI is InChI=1S/C29H27N3O7S/c1-29(2)24(27(34)39-23(18-11-5-3-6-12-18)19-13-7-4-8-14-19)32-25(33)22(26(32)40(29,36)37)20(17-38-28(30)35)21-15-9-10-16-31-21/h3-16,23-24,26H,17H2,1-2H3,(H2,30,35)/b22-20-. The smallest absolute Gasteiger partial charge is 0.404 e. The van der Waals surface area contributed by atoms with Crippen LogP contribution in [0.1, 0.15) is 36.8 Å². The van der Waals surface area contributed by atoms with Crippen LogP contribution < -0.4 is 5.73 Å². The SMILES string of the molecule is CC1(C)C(C(=O)OC(c2ccccc2)c2ccccc2)N2C(=O)/C(=C(\COC(N)=O)c3ccccn3)C2S1(=O)=O. The second-order valence-corrected chi connectivity index (χ2v) is 12.6. The summed E-state index contributed by atoms with van der Waals surface area (Å²) in [4.78, 5) is 44.0. The van der Waals surface area contributed by atoms with E-state index in [-0.39, 0.29) is 16.8 Å². The fourth-order valence-corrected chi connectivity index (χ4v) is 7.34. The van der Waals surface area contributed by atoms with Crippen molar-refractivity contribution in [1.82, 2.24) is 9.88 Å². The molecule has 3 heterocycles. The molecule has 2 unspecified atom stereocenters. The monoisotopic (exact) mass is 561 g/mol. The number of amides is 2. The Morgan fingerprint density at radius 1 is 0.975 bits per heavy atom. The molecule has 1 aromatic heterocycles. The van der Waals surface area contributed by atoms with Crippen molar-refractivity contribution in [2.45, 2.75) is 36.1 Å². The molecule has 40 heavy (non-hydrogen) atoms. The van der Waals surface area contributed by atoms with Crippen LogP contribution in [0.2, 0.25) is 0 Å². The number of carbonyl (C=O) groups is 3. The van der Waals surface area contributed by atoms with Crippen molar-refractivity contribution in [3.05, 3.63) is 107 Å². The average Bonchev–Trinajstić information content (AvgIpc) is 3.09. The Bertz CT molecular complexity index is 1550. The van der Waals surface area contributed by atoms with Gasteiger partial charge in [-0.05, 0) is 37.1 Å². The number of hydrogen-bond acceptors (Lipinski definition) is 8. The van der Waals surface area contributed by atoms with Gasteiger partial charge in [0, 0.05) is 11.8 Å². The fraction of sp³-hybridized carbons (Fsp3) is 0.241. The van der Waals surface area contributed by atoms with Gasteiger partial charge in [0.25, 0.3) is 5.91 Å². The van der Waals surface area contributed by atoms with Crippen LogP contribution in [0.4, 0.5) is 4.79 Å². The van der Waals surface area contributed by atoms with Gasteiger partial charge in [-0.1, -0.05) is 66.7 Å². The third kappa shape index (κ3) is 4.41. The molecule has 2 atom stereocenters. The van der Waals surface area contributed by atoms with Gasteiger partial charge in [-0.15, -0.1) is 0 Å². The molecule has 0 bridgehead atoms. The minimum absolute atomic E-state index is 0.102. The van der Waals surface area contributed by atoms with Crippen molar-refractivity contribution < 1.29 is 32.3 Å². The van der Waals surface area contributed by atoms with Gasteiger partial charge in [-0.3, -0.25) is 9.78 Å². The highest BCUT2D eigenvalue weighted by atomic mass is 32.2. The summed E-state index contributed by atoms with van der Waals surface area (Å²) in [5.74, 6) is -1.54. The summed E-state index contributed by atoms with van der Waals surface area (Å²) in [5, 5.41) is -1.45. The molecule has 2 amide bonds. The molecular formula is C29H27N3O7S. The molecule has 2 aromatic carbocycles. The van der Waals surface area contributed by atoms with E-state index in [2.05, 4.69) is 4.98 Å². The Kier molecular flexibility index (Phi) is 6.92. The van der Waals surface area contributed by atoms with Crippen molar-refractivity contribution in [2.75, 3.05) is 6.61 Å². The average molecular weight is 562 g/mol. The van der Waals surface area contributed by atoms with Crippen LogP contribution in [0, 0.1) is 0 Å². The van der Waals surface area contributed by atoms with E-state index >= 15 is 0 Å². The summed E-state index contributed by atoms with van der Waals surface area (Å²) < 4.78 is 37.0. The molecule has 2 N–H and O–H groups in total. The maximum absolute atomic E-state index is 13.9. The molecule has 0 spiro atoms. The number of fused-ring (bicyclic) bond motifs is 1. The second-order valence-electron chi connectivity index (χ2n) is 9.97. The maximum Gasteiger partial charge on any atom is 0.404 e. The number of esters is 1. The quantitative estimate of drug-likeness (QED) is 0.263. The Morgan fingerprint density at radius 2 is 1.55 bits per heavy atom. The summed E-state index contributed by atoms with van der Waals surface area (Å²) in [5.41, 5.74) is 6.75. The number of nitrogens with two attached hydrogens (primary N) is 1. The third-order valence-corrected chi connectivity index (χ3v) is 9.99. The fourth-order valence-electron chi connectivity index (χ4n) is 5.17. The number of sulfone groups is 1. The number of rotatable bonds is 7. The zero-order valence-corrected chi connectivity index (χ0v) is 22.6. The van der Waals surface area contributed by atoms with Crippen molar-refractivity contribution in [1.29, 1.82) is 0 Å². The van der Waals surface area contributed by atoms with Gasteiger partial charge in [-0.25, -0.2) is 18.0 Å². The highest BCUT2D eigenvalue weighted by molar-refractivity contribution is 7.94. The number of primary amides is 1. The lowest BCUT2D eigenvalue weighted by Gasteiger charge is -2.40. The van der Waals surface area contributed by atoms with E-state index in [9.17, 15) is 22.8 Å². The molecule has 0 saturated carbocycles. The molecule has 11 heteroatoms.